The van der Waals surface area contributed by atoms with E-state index in [2.05, 4.69) is 53.3 Å². The number of carboxylic acids is 1. The molecule has 0 atom stereocenters. The van der Waals surface area contributed by atoms with Crippen molar-refractivity contribution in [3.05, 3.63) is 48.6 Å². The van der Waals surface area contributed by atoms with Crippen LogP contribution in [0.2, 0.25) is 0 Å². The van der Waals surface area contributed by atoms with Crippen LogP contribution in [0.4, 0.5) is 4.39 Å². The summed E-state index contributed by atoms with van der Waals surface area (Å²) in [5.41, 5.74) is 0. The predicted octanol–water partition coefficient (Wildman–Crippen LogP) is 12.3. The lowest BCUT2D eigenvalue weighted by Gasteiger charge is -1.99. The van der Waals surface area contributed by atoms with E-state index in [0.717, 1.165) is 77.0 Å². The lowest BCUT2D eigenvalue weighted by Crippen LogP contribution is -1.98. The molecule has 0 spiro atoms. The Hall–Kier alpha value is -2.21. The highest BCUT2D eigenvalue weighted by Crippen LogP contribution is 2.11. The minimum Gasteiger partial charge on any atom is -0.481 e. The number of alkyl halides is 1. The molecular formula is C41H73FO5. The Morgan fingerprint density at radius 1 is 0.468 bits per heavy atom. The number of hydrogen-bond acceptors (Lipinski definition) is 4. The Labute approximate surface area is 289 Å². The molecule has 0 heterocycles. The van der Waals surface area contributed by atoms with E-state index < -0.39 is 5.97 Å². The molecule has 0 amide bonds. The molecule has 0 aliphatic heterocycles. The van der Waals surface area contributed by atoms with Gasteiger partial charge in [0.05, 0.1) is 13.8 Å². The SMILES string of the molecule is COC(=O)CCC/C=C\CCCCCCC/C=C\CCCCCO.O=C(O)CCC/C=C\CCCCCCC/C=C\CCCCCF. The summed E-state index contributed by atoms with van der Waals surface area (Å²) in [5, 5.41) is 17.2. The van der Waals surface area contributed by atoms with Gasteiger partial charge in [-0.05, 0) is 116 Å². The number of halogens is 1. The number of aliphatic hydroxyl groups is 1. The summed E-state index contributed by atoms with van der Waals surface area (Å²) in [6, 6.07) is 0. The molecule has 5 nitrogen and oxygen atoms in total. The number of ether oxygens (including phenoxy) is 1. The second kappa shape index (κ2) is 43.8. The molecule has 0 aromatic carbocycles. The van der Waals surface area contributed by atoms with Gasteiger partial charge >= 0.3 is 11.9 Å². The van der Waals surface area contributed by atoms with Crippen LogP contribution in [-0.2, 0) is 14.3 Å². The van der Waals surface area contributed by atoms with E-state index in [-0.39, 0.29) is 19.1 Å². The van der Waals surface area contributed by atoms with Crippen LogP contribution >= 0.6 is 0 Å². The molecule has 0 fully saturated rings. The normalized spacial score (nSPS) is 11.6. The molecule has 0 saturated carbocycles. The van der Waals surface area contributed by atoms with Gasteiger partial charge in [0.15, 0.2) is 0 Å². The summed E-state index contributed by atoms with van der Waals surface area (Å²) in [5.74, 6) is -0.815. The second-order valence-electron chi connectivity index (χ2n) is 12.4. The van der Waals surface area contributed by atoms with E-state index in [4.69, 9.17) is 10.2 Å². The summed E-state index contributed by atoms with van der Waals surface area (Å²) < 4.78 is 16.5. The van der Waals surface area contributed by atoms with E-state index in [0.29, 0.717) is 19.4 Å². The number of aliphatic hydroxyl groups excluding tert-OH is 1. The first kappa shape index (κ1) is 46.9. The van der Waals surface area contributed by atoms with Gasteiger partial charge in [0.1, 0.15) is 0 Å². The molecule has 0 saturated heterocycles. The van der Waals surface area contributed by atoms with E-state index in [1.54, 1.807) is 0 Å². The topological polar surface area (TPSA) is 83.8 Å². The van der Waals surface area contributed by atoms with Gasteiger partial charge in [0.25, 0.3) is 0 Å². The number of methoxy groups -OCH3 is 1. The zero-order valence-corrected chi connectivity index (χ0v) is 30.3. The third kappa shape index (κ3) is 48.3. The van der Waals surface area contributed by atoms with Crippen molar-refractivity contribution in [1.29, 1.82) is 0 Å². The number of unbranched alkanes of at least 4 members (excludes halogenated alkanes) is 20. The van der Waals surface area contributed by atoms with Gasteiger partial charge in [0, 0.05) is 19.4 Å². The average Bonchev–Trinajstić information content (AvgIpc) is 3.07. The first-order valence-corrected chi connectivity index (χ1v) is 19.1. The van der Waals surface area contributed by atoms with Crippen molar-refractivity contribution in [2.45, 2.75) is 180 Å². The molecule has 47 heavy (non-hydrogen) atoms. The fourth-order valence-electron chi connectivity index (χ4n) is 4.97. The summed E-state index contributed by atoms with van der Waals surface area (Å²) in [7, 11) is 1.44. The number of hydrogen-bond donors (Lipinski definition) is 2. The zero-order chi connectivity index (χ0) is 34.7. The third-order valence-corrected chi connectivity index (χ3v) is 7.92. The molecule has 0 radical (unpaired) electrons. The van der Waals surface area contributed by atoms with Crippen molar-refractivity contribution in [1.82, 2.24) is 0 Å². The summed E-state index contributed by atoms with van der Waals surface area (Å²) >= 11 is 0. The van der Waals surface area contributed by atoms with Crippen molar-refractivity contribution in [3.8, 4) is 0 Å². The minimum atomic E-state index is -0.704. The van der Waals surface area contributed by atoms with Gasteiger partial charge in [-0.1, -0.05) is 100.0 Å². The smallest absolute Gasteiger partial charge is 0.305 e. The number of esters is 1. The number of rotatable bonds is 34. The van der Waals surface area contributed by atoms with Gasteiger partial charge in [-0.3, -0.25) is 14.0 Å². The summed E-state index contributed by atoms with van der Waals surface area (Å²) in [4.78, 5) is 21.3. The van der Waals surface area contributed by atoms with Crippen molar-refractivity contribution in [3.63, 3.8) is 0 Å². The van der Waals surface area contributed by atoms with Crippen LogP contribution in [0, 0.1) is 0 Å². The standard InChI is InChI=1S/C21H38O3.C20H35FO2/c1-24-21(23)19-17-15-13-11-9-7-5-3-2-4-6-8-10-12-14-16-18-20-22;21-19-17-15-13-11-9-7-5-3-1-2-4-6-8-10-12-14-16-18-20(22)23/h8,10-11,13,22H,2-7,9,12,14-20H2,1H3;7,9-10,12H,1-6,8,11,13-19H2,(H,22,23)/b10-8-,13-11-;9-7-,12-10-. The maximum Gasteiger partial charge on any atom is 0.305 e. The highest BCUT2D eigenvalue weighted by atomic mass is 19.1. The molecule has 0 aliphatic carbocycles. The average molecular weight is 665 g/mol. The summed E-state index contributed by atoms with van der Waals surface area (Å²) in [6.07, 6.45) is 48.1. The van der Waals surface area contributed by atoms with Crippen LogP contribution in [0.3, 0.4) is 0 Å². The van der Waals surface area contributed by atoms with E-state index in [1.807, 2.05) is 0 Å². The highest BCUT2D eigenvalue weighted by Gasteiger charge is 1.97. The first-order chi connectivity index (χ1) is 23.1. The molecule has 0 aliphatic rings. The maximum atomic E-state index is 11.9. The minimum absolute atomic E-state index is 0.111. The quantitative estimate of drug-likeness (QED) is 0.0406. The fourth-order valence-corrected chi connectivity index (χ4v) is 4.97. The van der Waals surface area contributed by atoms with Crippen LogP contribution in [0.1, 0.15) is 180 Å². The Morgan fingerprint density at radius 3 is 1.09 bits per heavy atom. The van der Waals surface area contributed by atoms with Crippen molar-refractivity contribution in [2.24, 2.45) is 0 Å². The molecule has 0 aromatic heterocycles. The van der Waals surface area contributed by atoms with Crippen LogP contribution < -0.4 is 0 Å². The van der Waals surface area contributed by atoms with Crippen molar-refractivity contribution < 1.29 is 28.9 Å². The molecular weight excluding hydrogens is 591 g/mol. The second-order valence-corrected chi connectivity index (χ2v) is 12.4. The summed E-state index contributed by atoms with van der Waals surface area (Å²) in [6.45, 7) is 0.152. The monoisotopic (exact) mass is 665 g/mol. The van der Waals surface area contributed by atoms with Crippen LogP contribution in [0.15, 0.2) is 48.6 Å². The van der Waals surface area contributed by atoms with E-state index >= 15 is 0 Å². The largest absolute Gasteiger partial charge is 0.481 e. The van der Waals surface area contributed by atoms with Crippen LogP contribution in [0.25, 0.3) is 0 Å². The molecule has 0 unspecified atom stereocenters. The molecule has 0 rings (SSSR count). The van der Waals surface area contributed by atoms with E-state index in [9.17, 15) is 14.0 Å². The molecule has 274 valence electrons. The zero-order valence-electron chi connectivity index (χ0n) is 30.3. The molecule has 2 N–H and O–H groups in total. The van der Waals surface area contributed by atoms with Gasteiger partial charge in [-0.25, -0.2) is 0 Å². The van der Waals surface area contributed by atoms with Gasteiger partial charge in [-0.2, -0.15) is 0 Å². The predicted molar refractivity (Wildman–Crippen MR) is 199 cm³/mol. The van der Waals surface area contributed by atoms with Gasteiger partial charge < -0.3 is 14.9 Å². The number of carbonyl (C=O) groups is 2. The maximum absolute atomic E-state index is 11.9. The number of carbonyl (C=O) groups excluding carboxylic acids is 1. The van der Waals surface area contributed by atoms with Crippen LogP contribution in [-0.4, -0.2) is 42.5 Å². The Bertz CT molecular complexity index is 759. The lowest BCUT2D eigenvalue weighted by molar-refractivity contribution is -0.140. The highest BCUT2D eigenvalue weighted by molar-refractivity contribution is 5.69. The Kier molecular flexibility index (Phi) is 43.7. The number of allylic oxidation sites excluding steroid dienone is 8. The Morgan fingerprint density at radius 2 is 0.766 bits per heavy atom. The van der Waals surface area contributed by atoms with Crippen molar-refractivity contribution in [2.75, 3.05) is 20.4 Å². The first-order valence-electron chi connectivity index (χ1n) is 19.1. The molecule has 0 aromatic rings. The third-order valence-electron chi connectivity index (χ3n) is 7.92. The lowest BCUT2D eigenvalue weighted by atomic mass is 10.1. The van der Waals surface area contributed by atoms with Crippen LogP contribution in [0.5, 0.6) is 0 Å². The number of aliphatic carboxylic acids is 1. The fraction of sp³-hybridized carbons (Fsp3) is 0.756. The van der Waals surface area contributed by atoms with Gasteiger partial charge in [0.2, 0.25) is 0 Å². The van der Waals surface area contributed by atoms with Gasteiger partial charge in [-0.15, -0.1) is 0 Å². The van der Waals surface area contributed by atoms with Crippen molar-refractivity contribution >= 4 is 11.9 Å². The van der Waals surface area contributed by atoms with E-state index in [1.165, 1.54) is 90.6 Å². The molecule has 6 heteroatoms. The molecule has 0 bridgehead atoms. The number of carboxylic acid groups (broad SMARTS) is 1. The Balaban J connectivity index is 0.